The van der Waals surface area contributed by atoms with E-state index >= 15 is 0 Å². The summed E-state index contributed by atoms with van der Waals surface area (Å²) in [6, 6.07) is 2.13. The van der Waals surface area contributed by atoms with E-state index < -0.39 is 0 Å². The van der Waals surface area contributed by atoms with E-state index in [9.17, 15) is 4.79 Å². The van der Waals surface area contributed by atoms with Gasteiger partial charge in [0.2, 0.25) is 5.91 Å². The van der Waals surface area contributed by atoms with Crippen LogP contribution in [0.1, 0.15) is 42.7 Å². The van der Waals surface area contributed by atoms with Crippen LogP contribution >= 0.6 is 0 Å². The van der Waals surface area contributed by atoms with Crippen LogP contribution < -0.4 is 0 Å². The Morgan fingerprint density at radius 2 is 2.32 bits per heavy atom. The maximum absolute atomic E-state index is 12.9. The molecule has 0 saturated carbocycles. The summed E-state index contributed by atoms with van der Waals surface area (Å²) in [5, 5.41) is 8.22. The zero-order chi connectivity index (χ0) is 15.7. The van der Waals surface area contributed by atoms with E-state index in [1.165, 1.54) is 0 Å². The summed E-state index contributed by atoms with van der Waals surface area (Å²) >= 11 is 0. The topological polar surface area (TPSA) is 64.2 Å². The number of aromatic nitrogens is 3. The van der Waals surface area contributed by atoms with E-state index in [1.807, 2.05) is 42.6 Å². The average molecular weight is 302 g/mol. The van der Waals surface area contributed by atoms with Crippen LogP contribution in [0, 0.1) is 13.8 Å². The highest BCUT2D eigenvalue weighted by Gasteiger charge is 2.34. The Bertz CT molecular complexity index is 628. The molecule has 1 aliphatic rings. The molecule has 0 spiro atoms. The second-order valence-corrected chi connectivity index (χ2v) is 6.02. The fraction of sp³-hybridized carbons (Fsp3) is 0.562. The van der Waals surface area contributed by atoms with Crippen molar-refractivity contribution < 1.29 is 9.32 Å². The predicted octanol–water partition coefficient (Wildman–Crippen LogP) is 2.28. The summed E-state index contributed by atoms with van der Waals surface area (Å²) < 4.78 is 7.11. The van der Waals surface area contributed by atoms with Crippen LogP contribution in [0.5, 0.6) is 0 Å². The van der Waals surface area contributed by atoms with Crippen LogP contribution in [0.2, 0.25) is 0 Å². The highest BCUT2D eigenvalue weighted by Crippen LogP contribution is 2.28. The molecule has 0 radical (unpaired) electrons. The number of likely N-dealkylation sites (tertiary alicyclic amines) is 1. The minimum Gasteiger partial charge on any atom is -0.361 e. The first kappa shape index (κ1) is 14.8. The third-order valence-corrected chi connectivity index (χ3v) is 4.51. The summed E-state index contributed by atoms with van der Waals surface area (Å²) in [6.45, 7) is 7.27. The van der Waals surface area contributed by atoms with Gasteiger partial charge in [0.1, 0.15) is 5.76 Å². The molecule has 6 heteroatoms. The highest BCUT2D eigenvalue weighted by atomic mass is 16.5. The van der Waals surface area contributed by atoms with Crippen LogP contribution in [-0.2, 0) is 11.3 Å². The number of amides is 1. The number of hydrogen-bond donors (Lipinski definition) is 0. The zero-order valence-electron chi connectivity index (χ0n) is 13.3. The van der Waals surface area contributed by atoms with Crippen LogP contribution in [0.25, 0.3) is 0 Å². The van der Waals surface area contributed by atoms with Crippen LogP contribution in [0.4, 0.5) is 0 Å². The second kappa shape index (κ2) is 5.94. The molecular weight excluding hydrogens is 280 g/mol. The van der Waals surface area contributed by atoms with Gasteiger partial charge in [-0.25, -0.2) is 0 Å². The first-order valence-electron chi connectivity index (χ1n) is 7.78. The molecule has 0 unspecified atom stereocenters. The highest BCUT2D eigenvalue weighted by molar-refractivity contribution is 5.84. The Hall–Kier alpha value is -2.11. The SMILES string of the molecule is Cc1noc(C)c1[C@H](C)C(=O)N1CCC[C@H]1Cn1cccn1. The molecule has 3 heterocycles. The van der Waals surface area contributed by atoms with Gasteiger partial charge in [0.25, 0.3) is 0 Å². The van der Waals surface area contributed by atoms with E-state index in [1.54, 1.807) is 6.20 Å². The Morgan fingerprint density at radius 3 is 2.95 bits per heavy atom. The first-order chi connectivity index (χ1) is 10.6. The molecule has 118 valence electrons. The number of carbonyl (C=O) groups excluding carboxylic acids is 1. The van der Waals surface area contributed by atoms with Gasteiger partial charge >= 0.3 is 0 Å². The van der Waals surface area contributed by atoms with E-state index in [0.29, 0.717) is 0 Å². The molecule has 2 aromatic rings. The van der Waals surface area contributed by atoms with Crippen molar-refractivity contribution in [2.24, 2.45) is 0 Å². The van der Waals surface area contributed by atoms with Gasteiger partial charge in [-0.05, 0) is 39.7 Å². The molecule has 0 bridgehead atoms. The molecule has 1 saturated heterocycles. The lowest BCUT2D eigenvalue weighted by atomic mass is 9.97. The summed E-state index contributed by atoms with van der Waals surface area (Å²) in [4.78, 5) is 14.9. The number of carbonyl (C=O) groups is 1. The van der Waals surface area contributed by atoms with Crippen molar-refractivity contribution in [2.45, 2.75) is 52.1 Å². The van der Waals surface area contributed by atoms with Gasteiger partial charge in [-0.1, -0.05) is 5.16 Å². The molecular formula is C16H22N4O2. The predicted molar refractivity (Wildman–Crippen MR) is 81.4 cm³/mol. The molecule has 1 aliphatic heterocycles. The maximum Gasteiger partial charge on any atom is 0.230 e. The number of rotatable bonds is 4. The number of hydrogen-bond acceptors (Lipinski definition) is 4. The third kappa shape index (κ3) is 2.65. The fourth-order valence-corrected chi connectivity index (χ4v) is 3.42. The molecule has 0 aromatic carbocycles. The number of nitrogens with zero attached hydrogens (tertiary/aromatic N) is 4. The van der Waals surface area contributed by atoms with E-state index in [0.717, 1.165) is 42.9 Å². The standard InChI is InChI=1S/C16H22N4O2/c1-11(15-12(2)18-22-13(15)3)16(21)20-9-4-6-14(20)10-19-8-5-7-17-19/h5,7-8,11,14H,4,6,9-10H2,1-3H3/t11-,14-/m0/s1. The first-order valence-corrected chi connectivity index (χ1v) is 7.78. The second-order valence-electron chi connectivity index (χ2n) is 6.02. The lowest BCUT2D eigenvalue weighted by Crippen LogP contribution is -2.40. The van der Waals surface area contributed by atoms with Crippen LogP contribution in [0.15, 0.2) is 23.0 Å². The minimum absolute atomic E-state index is 0.157. The molecule has 0 N–H and O–H groups in total. The average Bonchev–Trinajstić information content (AvgIpc) is 3.21. The lowest BCUT2D eigenvalue weighted by Gasteiger charge is -2.27. The minimum atomic E-state index is -0.218. The van der Waals surface area contributed by atoms with Crippen molar-refractivity contribution >= 4 is 5.91 Å². The molecule has 0 aliphatic carbocycles. The summed E-state index contributed by atoms with van der Waals surface area (Å²) in [5.74, 6) is 0.676. The van der Waals surface area contributed by atoms with Crippen molar-refractivity contribution in [3.8, 4) is 0 Å². The molecule has 1 amide bonds. The lowest BCUT2D eigenvalue weighted by molar-refractivity contribution is -0.133. The molecule has 1 fully saturated rings. The Balaban J connectivity index is 1.75. The quantitative estimate of drug-likeness (QED) is 0.869. The van der Waals surface area contributed by atoms with Crippen molar-refractivity contribution in [1.82, 2.24) is 19.8 Å². The number of aryl methyl sites for hydroxylation is 2. The Kier molecular flexibility index (Phi) is 4.00. The van der Waals surface area contributed by atoms with Crippen LogP contribution in [-0.4, -0.2) is 38.3 Å². The molecule has 6 nitrogen and oxygen atoms in total. The third-order valence-electron chi connectivity index (χ3n) is 4.51. The van der Waals surface area contributed by atoms with Crippen molar-refractivity contribution in [3.63, 3.8) is 0 Å². The largest absolute Gasteiger partial charge is 0.361 e. The van der Waals surface area contributed by atoms with Gasteiger partial charge < -0.3 is 9.42 Å². The molecule has 22 heavy (non-hydrogen) atoms. The van der Waals surface area contributed by atoms with E-state index in [2.05, 4.69) is 10.3 Å². The normalized spacial score (nSPS) is 19.6. The van der Waals surface area contributed by atoms with Gasteiger partial charge in [-0.3, -0.25) is 9.48 Å². The van der Waals surface area contributed by atoms with Crippen molar-refractivity contribution in [2.75, 3.05) is 6.54 Å². The van der Waals surface area contributed by atoms with E-state index in [-0.39, 0.29) is 17.9 Å². The monoisotopic (exact) mass is 302 g/mol. The summed E-state index contributed by atoms with van der Waals surface area (Å²) in [5.41, 5.74) is 1.73. The Labute approximate surface area is 130 Å². The molecule has 3 rings (SSSR count). The summed E-state index contributed by atoms with van der Waals surface area (Å²) in [6.07, 6.45) is 5.79. The molecule has 2 atom stereocenters. The van der Waals surface area contributed by atoms with Gasteiger partial charge in [-0.2, -0.15) is 5.10 Å². The van der Waals surface area contributed by atoms with Crippen molar-refractivity contribution in [1.29, 1.82) is 0 Å². The summed E-state index contributed by atoms with van der Waals surface area (Å²) in [7, 11) is 0. The van der Waals surface area contributed by atoms with Gasteiger partial charge in [-0.15, -0.1) is 0 Å². The fourth-order valence-electron chi connectivity index (χ4n) is 3.42. The van der Waals surface area contributed by atoms with Gasteiger partial charge in [0, 0.05) is 24.5 Å². The van der Waals surface area contributed by atoms with Crippen molar-refractivity contribution in [3.05, 3.63) is 35.5 Å². The van der Waals surface area contributed by atoms with E-state index in [4.69, 9.17) is 4.52 Å². The molecule has 2 aromatic heterocycles. The van der Waals surface area contributed by atoms with Gasteiger partial charge in [0.15, 0.2) is 0 Å². The van der Waals surface area contributed by atoms with Gasteiger partial charge in [0.05, 0.1) is 24.2 Å². The zero-order valence-corrected chi connectivity index (χ0v) is 13.3. The Morgan fingerprint density at radius 1 is 1.50 bits per heavy atom. The smallest absolute Gasteiger partial charge is 0.230 e. The maximum atomic E-state index is 12.9. The van der Waals surface area contributed by atoms with Crippen LogP contribution in [0.3, 0.4) is 0 Å².